The molecule has 1 N–H and O–H groups in total. The summed E-state index contributed by atoms with van der Waals surface area (Å²) in [6, 6.07) is 16.1. The minimum Gasteiger partial charge on any atom is -0.480 e. The third-order valence-corrected chi connectivity index (χ3v) is 5.55. The molecule has 24 heavy (non-hydrogen) atoms. The molecule has 0 aromatic heterocycles. The Morgan fingerprint density at radius 1 is 1.04 bits per heavy atom. The van der Waals surface area contributed by atoms with Gasteiger partial charge in [0.25, 0.3) is 0 Å². The topological polar surface area (TPSA) is 74.7 Å². The predicted molar refractivity (Wildman–Crippen MR) is 92.3 cm³/mol. The summed E-state index contributed by atoms with van der Waals surface area (Å²) in [5.74, 6) is -1.16. The third kappa shape index (κ3) is 4.91. The number of aryl methyl sites for hydroxylation is 2. The molecule has 0 fully saturated rings. The summed E-state index contributed by atoms with van der Waals surface area (Å²) < 4.78 is 26.4. The molecule has 0 spiro atoms. The number of sulfonamides is 1. The summed E-state index contributed by atoms with van der Waals surface area (Å²) in [6.45, 7) is 1.49. The first-order chi connectivity index (χ1) is 11.4. The predicted octanol–water partition coefficient (Wildman–Crippen LogP) is 2.70. The fourth-order valence-electron chi connectivity index (χ4n) is 2.40. The van der Waals surface area contributed by atoms with Crippen molar-refractivity contribution in [2.45, 2.75) is 24.7 Å². The van der Waals surface area contributed by atoms with Crippen molar-refractivity contribution in [3.8, 4) is 0 Å². The Bertz CT molecular complexity index is 770. The minimum absolute atomic E-state index is 0.120. The lowest BCUT2D eigenvalue weighted by molar-refractivity contribution is -0.137. The van der Waals surface area contributed by atoms with Crippen LogP contribution in [-0.2, 0) is 21.2 Å². The summed E-state index contributed by atoms with van der Waals surface area (Å²) in [5, 5.41) is 9.05. The molecule has 0 heterocycles. The van der Waals surface area contributed by atoms with Gasteiger partial charge in [0.05, 0.1) is 4.90 Å². The highest BCUT2D eigenvalue weighted by molar-refractivity contribution is 7.89. The number of carbonyl (C=O) groups is 1. The van der Waals surface area contributed by atoms with Crippen molar-refractivity contribution in [1.82, 2.24) is 4.31 Å². The monoisotopic (exact) mass is 347 g/mol. The van der Waals surface area contributed by atoms with Crippen LogP contribution in [0.5, 0.6) is 0 Å². The van der Waals surface area contributed by atoms with Gasteiger partial charge in [-0.3, -0.25) is 4.79 Å². The van der Waals surface area contributed by atoms with Gasteiger partial charge in [0.1, 0.15) is 6.54 Å². The van der Waals surface area contributed by atoms with Crippen molar-refractivity contribution in [2.24, 2.45) is 0 Å². The smallest absolute Gasteiger partial charge is 0.318 e. The molecule has 2 rings (SSSR count). The van der Waals surface area contributed by atoms with Crippen LogP contribution in [0.1, 0.15) is 17.5 Å². The SMILES string of the molecule is Cc1ccc(S(=O)(=O)N(CCCc2ccccc2)CC(=O)O)cc1. The van der Waals surface area contributed by atoms with Gasteiger partial charge in [0.15, 0.2) is 0 Å². The van der Waals surface area contributed by atoms with Gasteiger partial charge in [-0.2, -0.15) is 4.31 Å². The molecule has 2 aromatic carbocycles. The Balaban J connectivity index is 2.11. The lowest BCUT2D eigenvalue weighted by Gasteiger charge is -2.20. The first-order valence-corrected chi connectivity index (χ1v) is 9.16. The van der Waals surface area contributed by atoms with Crippen LogP contribution in [0.25, 0.3) is 0 Å². The quantitative estimate of drug-likeness (QED) is 0.797. The first kappa shape index (κ1) is 18.2. The molecule has 0 aliphatic heterocycles. The van der Waals surface area contributed by atoms with E-state index >= 15 is 0 Å². The van der Waals surface area contributed by atoms with Crippen LogP contribution in [0.2, 0.25) is 0 Å². The molecule has 0 radical (unpaired) electrons. The van der Waals surface area contributed by atoms with E-state index in [9.17, 15) is 13.2 Å². The van der Waals surface area contributed by atoms with E-state index in [0.717, 1.165) is 15.4 Å². The zero-order valence-corrected chi connectivity index (χ0v) is 14.4. The number of aliphatic carboxylic acids is 1. The van der Waals surface area contributed by atoms with Gasteiger partial charge in [-0.05, 0) is 37.5 Å². The summed E-state index contributed by atoms with van der Waals surface area (Å²) in [5.41, 5.74) is 2.04. The van der Waals surface area contributed by atoms with Crippen LogP contribution < -0.4 is 0 Å². The zero-order valence-electron chi connectivity index (χ0n) is 13.6. The molecule has 0 amide bonds. The maximum absolute atomic E-state index is 12.7. The van der Waals surface area contributed by atoms with Gasteiger partial charge in [0.2, 0.25) is 10.0 Å². The number of nitrogens with zero attached hydrogens (tertiary/aromatic N) is 1. The van der Waals surface area contributed by atoms with Gasteiger partial charge in [-0.1, -0.05) is 48.0 Å². The van der Waals surface area contributed by atoms with Gasteiger partial charge in [-0.25, -0.2) is 8.42 Å². The van der Waals surface area contributed by atoms with Gasteiger partial charge < -0.3 is 5.11 Å². The average molecular weight is 347 g/mol. The number of hydrogen-bond donors (Lipinski definition) is 1. The van der Waals surface area contributed by atoms with E-state index in [1.165, 1.54) is 12.1 Å². The Morgan fingerprint density at radius 2 is 1.67 bits per heavy atom. The number of rotatable bonds is 8. The van der Waals surface area contributed by atoms with Gasteiger partial charge in [-0.15, -0.1) is 0 Å². The summed E-state index contributed by atoms with van der Waals surface area (Å²) in [4.78, 5) is 11.2. The second-order valence-corrected chi connectivity index (χ2v) is 7.57. The standard InChI is InChI=1S/C18H21NO4S/c1-15-9-11-17(12-10-15)24(22,23)19(14-18(20)21)13-5-8-16-6-3-2-4-7-16/h2-4,6-7,9-12H,5,8,13-14H2,1H3,(H,20,21). The van der Waals surface area contributed by atoms with Crippen molar-refractivity contribution in [3.63, 3.8) is 0 Å². The summed E-state index contributed by atoms with van der Waals surface area (Å²) >= 11 is 0. The highest BCUT2D eigenvalue weighted by atomic mass is 32.2. The van der Waals surface area contributed by atoms with E-state index in [2.05, 4.69) is 0 Å². The Morgan fingerprint density at radius 3 is 2.25 bits per heavy atom. The molecule has 0 aliphatic carbocycles. The zero-order chi connectivity index (χ0) is 17.6. The maximum atomic E-state index is 12.7. The summed E-state index contributed by atoms with van der Waals surface area (Å²) in [7, 11) is -3.81. The van der Waals surface area contributed by atoms with Crippen LogP contribution >= 0.6 is 0 Å². The van der Waals surface area contributed by atoms with Crippen LogP contribution in [0, 0.1) is 6.92 Å². The third-order valence-electron chi connectivity index (χ3n) is 3.69. The average Bonchev–Trinajstić information content (AvgIpc) is 2.55. The van der Waals surface area contributed by atoms with E-state index in [1.807, 2.05) is 37.3 Å². The van der Waals surface area contributed by atoms with Crippen molar-refractivity contribution in [1.29, 1.82) is 0 Å². The molecule has 0 saturated carbocycles. The maximum Gasteiger partial charge on any atom is 0.318 e. The van der Waals surface area contributed by atoms with Crippen molar-refractivity contribution in [2.75, 3.05) is 13.1 Å². The van der Waals surface area contributed by atoms with Gasteiger partial charge in [0, 0.05) is 6.54 Å². The molecule has 0 aliphatic rings. The van der Waals surface area contributed by atoms with E-state index in [4.69, 9.17) is 5.11 Å². The number of carboxylic acids is 1. The number of hydrogen-bond acceptors (Lipinski definition) is 3. The Hall–Kier alpha value is -2.18. The highest BCUT2D eigenvalue weighted by Gasteiger charge is 2.26. The molecule has 0 atom stereocenters. The van der Waals surface area contributed by atoms with Crippen molar-refractivity contribution >= 4 is 16.0 Å². The Kier molecular flexibility index (Phi) is 6.11. The summed E-state index contributed by atoms with van der Waals surface area (Å²) in [6.07, 6.45) is 1.25. The number of carboxylic acid groups (broad SMARTS) is 1. The molecular formula is C18H21NO4S. The second kappa shape index (κ2) is 8.08. The molecule has 0 saturated heterocycles. The Labute approximate surface area is 142 Å². The van der Waals surface area contributed by atoms with Crippen LogP contribution in [0.15, 0.2) is 59.5 Å². The van der Waals surface area contributed by atoms with Crippen LogP contribution in [-0.4, -0.2) is 36.9 Å². The molecular weight excluding hydrogens is 326 g/mol. The van der Waals surface area contributed by atoms with E-state index in [-0.39, 0.29) is 11.4 Å². The first-order valence-electron chi connectivity index (χ1n) is 7.72. The molecule has 6 heteroatoms. The van der Waals surface area contributed by atoms with Crippen LogP contribution in [0.3, 0.4) is 0 Å². The fraction of sp³-hybridized carbons (Fsp3) is 0.278. The fourth-order valence-corrected chi connectivity index (χ4v) is 3.83. The molecule has 0 unspecified atom stereocenters. The lowest BCUT2D eigenvalue weighted by atomic mass is 10.1. The largest absolute Gasteiger partial charge is 0.480 e. The second-order valence-electron chi connectivity index (χ2n) is 5.63. The van der Waals surface area contributed by atoms with Crippen LogP contribution in [0.4, 0.5) is 0 Å². The lowest BCUT2D eigenvalue weighted by Crippen LogP contribution is -2.36. The van der Waals surface area contributed by atoms with Crippen molar-refractivity contribution in [3.05, 3.63) is 65.7 Å². The highest BCUT2D eigenvalue weighted by Crippen LogP contribution is 2.17. The van der Waals surface area contributed by atoms with E-state index in [0.29, 0.717) is 12.8 Å². The van der Waals surface area contributed by atoms with Gasteiger partial charge >= 0.3 is 5.97 Å². The van der Waals surface area contributed by atoms with E-state index in [1.54, 1.807) is 12.1 Å². The number of benzene rings is 2. The normalized spacial score (nSPS) is 11.6. The molecule has 5 nitrogen and oxygen atoms in total. The van der Waals surface area contributed by atoms with Crippen molar-refractivity contribution < 1.29 is 18.3 Å². The molecule has 128 valence electrons. The molecule has 0 bridgehead atoms. The van der Waals surface area contributed by atoms with E-state index < -0.39 is 22.5 Å². The minimum atomic E-state index is -3.81. The molecule has 2 aromatic rings.